The number of methoxy groups -OCH3 is 1. The van der Waals surface area contributed by atoms with E-state index in [1.165, 1.54) is 34.9 Å². The lowest BCUT2D eigenvalue weighted by atomic mass is 9.99. The molecule has 1 N–H and O–H groups in total. The van der Waals surface area contributed by atoms with Gasteiger partial charge in [0.15, 0.2) is 0 Å². The molecular formula is C22H24N4O4S2. The Hall–Kier alpha value is -2.82. The fraction of sp³-hybridized carbons (Fsp3) is 0.318. The molecule has 0 aliphatic carbocycles. The molecule has 1 atom stereocenters. The number of hydrogen-bond donors (Lipinski definition) is 1. The number of aromatic nitrogens is 2. The Morgan fingerprint density at radius 3 is 2.62 bits per heavy atom. The monoisotopic (exact) mass is 472 g/mol. The molecule has 2 heterocycles. The van der Waals surface area contributed by atoms with E-state index in [9.17, 15) is 13.2 Å². The maximum Gasteiger partial charge on any atom is 0.243 e. The molecule has 10 heteroatoms. The number of benzene rings is 2. The van der Waals surface area contributed by atoms with Crippen LogP contribution in [-0.4, -0.2) is 49.0 Å². The Kier molecular flexibility index (Phi) is 6.83. The zero-order valence-corrected chi connectivity index (χ0v) is 19.2. The Morgan fingerprint density at radius 2 is 1.91 bits per heavy atom. The molecule has 168 valence electrons. The second-order valence-corrected chi connectivity index (χ2v) is 10.5. The van der Waals surface area contributed by atoms with E-state index in [0.29, 0.717) is 36.7 Å². The zero-order chi connectivity index (χ0) is 22.6. The third kappa shape index (κ3) is 5.14. The van der Waals surface area contributed by atoms with Crippen molar-refractivity contribution in [3.63, 3.8) is 0 Å². The molecule has 1 amide bonds. The molecule has 8 nitrogen and oxygen atoms in total. The SMILES string of the molecule is COc1ccc(S(=O)(=O)N2CCCC(C(=O)Nc3nnc(Cc4ccccc4)s3)C2)cc1. The van der Waals surface area contributed by atoms with E-state index >= 15 is 0 Å². The number of ether oxygens (including phenoxy) is 1. The minimum Gasteiger partial charge on any atom is -0.497 e. The first-order chi connectivity index (χ1) is 15.5. The summed E-state index contributed by atoms with van der Waals surface area (Å²) >= 11 is 1.33. The van der Waals surface area contributed by atoms with Crippen molar-refractivity contribution in [2.75, 3.05) is 25.5 Å². The number of hydrogen-bond acceptors (Lipinski definition) is 7. The van der Waals surface area contributed by atoms with Gasteiger partial charge in [-0.3, -0.25) is 4.79 Å². The van der Waals surface area contributed by atoms with Crippen LogP contribution in [0.25, 0.3) is 0 Å². The number of nitrogens with zero attached hydrogens (tertiary/aromatic N) is 3. The second kappa shape index (κ2) is 9.76. The van der Waals surface area contributed by atoms with Gasteiger partial charge in [-0.25, -0.2) is 8.42 Å². The third-order valence-electron chi connectivity index (χ3n) is 5.35. The van der Waals surface area contributed by atoms with Crippen LogP contribution in [0.2, 0.25) is 0 Å². The molecule has 0 spiro atoms. The molecule has 3 aromatic rings. The van der Waals surface area contributed by atoms with Crippen molar-refractivity contribution < 1.29 is 17.9 Å². The Morgan fingerprint density at radius 1 is 1.16 bits per heavy atom. The van der Waals surface area contributed by atoms with Crippen LogP contribution >= 0.6 is 11.3 Å². The standard InChI is InChI=1S/C22H24N4O4S2/c1-30-18-9-11-19(12-10-18)32(28,29)26-13-5-8-17(15-26)21(27)23-22-25-24-20(31-22)14-16-6-3-2-4-7-16/h2-4,6-7,9-12,17H,5,8,13-15H2,1H3,(H,23,25,27). The van der Waals surface area contributed by atoms with Crippen LogP contribution in [-0.2, 0) is 21.2 Å². The van der Waals surface area contributed by atoms with Crippen LogP contribution in [0.1, 0.15) is 23.4 Å². The summed E-state index contributed by atoms with van der Waals surface area (Å²) < 4.78 is 32.5. The molecule has 32 heavy (non-hydrogen) atoms. The highest BCUT2D eigenvalue weighted by Crippen LogP contribution is 2.26. The highest BCUT2D eigenvalue weighted by Gasteiger charge is 2.33. The van der Waals surface area contributed by atoms with Gasteiger partial charge in [-0.1, -0.05) is 41.7 Å². The smallest absolute Gasteiger partial charge is 0.243 e. The highest BCUT2D eigenvalue weighted by molar-refractivity contribution is 7.89. The van der Waals surface area contributed by atoms with Crippen LogP contribution in [0.5, 0.6) is 5.75 Å². The summed E-state index contributed by atoms with van der Waals surface area (Å²) in [6, 6.07) is 16.2. The predicted molar refractivity (Wildman–Crippen MR) is 122 cm³/mol. The van der Waals surface area contributed by atoms with E-state index in [2.05, 4.69) is 15.5 Å². The number of carbonyl (C=O) groups excluding carboxylic acids is 1. The number of anilines is 1. The van der Waals surface area contributed by atoms with Gasteiger partial charge in [-0.15, -0.1) is 10.2 Å². The van der Waals surface area contributed by atoms with Gasteiger partial charge in [-0.05, 0) is 42.7 Å². The Labute approximate surface area is 191 Å². The van der Waals surface area contributed by atoms with E-state index in [1.54, 1.807) is 12.1 Å². The predicted octanol–water partition coefficient (Wildman–Crippen LogP) is 3.18. The van der Waals surface area contributed by atoms with Crippen LogP contribution in [0.3, 0.4) is 0 Å². The molecule has 1 aromatic heterocycles. The van der Waals surface area contributed by atoms with Crippen LogP contribution in [0.4, 0.5) is 5.13 Å². The fourth-order valence-corrected chi connectivity index (χ4v) is 5.93. The van der Waals surface area contributed by atoms with Gasteiger partial charge in [0.2, 0.25) is 21.1 Å². The second-order valence-electron chi connectivity index (χ2n) is 7.53. The number of sulfonamides is 1. The molecule has 0 radical (unpaired) electrons. The number of rotatable bonds is 7. The van der Waals surface area contributed by atoms with Crippen molar-refractivity contribution >= 4 is 32.4 Å². The number of nitrogens with one attached hydrogen (secondary N) is 1. The Bertz CT molecular complexity index is 1160. The average Bonchev–Trinajstić information content (AvgIpc) is 3.26. The van der Waals surface area contributed by atoms with Gasteiger partial charge in [0, 0.05) is 19.5 Å². The normalized spacial score (nSPS) is 17.1. The number of amides is 1. The van der Waals surface area contributed by atoms with Crippen molar-refractivity contribution in [2.45, 2.75) is 24.2 Å². The van der Waals surface area contributed by atoms with Crippen molar-refractivity contribution in [2.24, 2.45) is 5.92 Å². The molecule has 2 aromatic carbocycles. The summed E-state index contributed by atoms with van der Waals surface area (Å²) in [5.74, 6) is -0.0937. The first kappa shape index (κ1) is 22.4. The molecule has 1 fully saturated rings. The van der Waals surface area contributed by atoms with E-state index in [-0.39, 0.29) is 17.3 Å². The van der Waals surface area contributed by atoms with E-state index in [0.717, 1.165) is 10.6 Å². The van der Waals surface area contributed by atoms with Gasteiger partial charge in [0.1, 0.15) is 10.8 Å². The van der Waals surface area contributed by atoms with Gasteiger partial charge >= 0.3 is 0 Å². The molecule has 1 aliphatic heterocycles. The van der Waals surface area contributed by atoms with Crippen LogP contribution in [0.15, 0.2) is 59.5 Å². The fourth-order valence-electron chi connectivity index (χ4n) is 3.62. The van der Waals surface area contributed by atoms with Crippen molar-refractivity contribution in [1.82, 2.24) is 14.5 Å². The quantitative estimate of drug-likeness (QED) is 0.567. The molecular weight excluding hydrogens is 448 g/mol. The minimum atomic E-state index is -3.68. The molecule has 1 aliphatic rings. The van der Waals surface area contributed by atoms with Crippen molar-refractivity contribution in [3.8, 4) is 5.75 Å². The summed E-state index contributed by atoms with van der Waals surface area (Å²) in [6.07, 6.45) is 1.88. The van der Waals surface area contributed by atoms with Crippen molar-refractivity contribution in [1.29, 1.82) is 0 Å². The minimum absolute atomic E-state index is 0.135. The maximum absolute atomic E-state index is 13.0. The lowest BCUT2D eigenvalue weighted by Crippen LogP contribution is -2.43. The summed E-state index contributed by atoms with van der Waals surface area (Å²) in [6.45, 7) is 0.522. The lowest BCUT2D eigenvalue weighted by Gasteiger charge is -2.31. The maximum atomic E-state index is 13.0. The number of piperidine rings is 1. The lowest BCUT2D eigenvalue weighted by molar-refractivity contribution is -0.120. The Balaban J connectivity index is 1.39. The van der Waals surface area contributed by atoms with Gasteiger partial charge in [-0.2, -0.15) is 4.31 Å². The molecule has 1 unspecified atom stereocenters. The first-order valence-electron chi connectivity index (χ1n) is 10.3. The van der Waals surface area contributed by atoms with Crippen LogP contribution < -0.4 is 10.1 Å². The number of carbonyl (C=O) groups is 1. The summed E-state index contributed by atoms with van der Waals surface area (Å²) in [5.41, 5.74) is 1.12. The van der Waals surface area contributed by atoms with E-state index in [4.69, 9.17) is 4.74 Å². The largest absolute Gasteiger partial charge is 0.497 e. The van der Waals surface area contributed by atoms with Gasteiger partial charge < -0.3 is 10.1 Å². The molecule has 0 saturated carbocycles. The van der Waals surface area contributed by atoms with Gasteiger partial charge in [0.25, 0.3) is 0 Å². The van der Waals surface area contributed by atoms with E-state index < -0.39 is 15.9 Å². The van der Waals surface area contributed by atoms with Crippen molar-refractivity contribution in [3.05, 3.63) is 65.2 Å². The summed E-state index contributed by atoms with van der Waals surface area (Å²) in [4.78, 5) is 13.0. The molecule has 0 bridgehead atoms. The first-order valence-corrected chi connectivity index (χ1v) is 12.5. The van der Waals surface area contributed by atoms with Crippen LogP contribution in [0, 0.1) is 5.92 Å². The molecule has 1 saturated heterocycles. The van der Waals surface area contributed by atoms with E-state index in [1.807, 2.05) is 30.3 Å². The topological polar surface area (TPSA) is 101 Å². The summed E-state index contributed by atoms with van der Waals surface area (Å²) in [7, 11) is -2.16. The summed E-state index contributed by atoms with van der Waals surface area (Å²) in [5, 5.41) is 12.3. The zero-order valence-electron chi connectivity index (χ0n) is 17.6. The van der Waals surface area contributed by atoms with Gasteiger partial charge in [0.05, 0.1) is 17.9 Å². The average molecular weight is 473 g/mol. The third-order valence-corrected chi connectivity index (χ3v) is 8.07. The molecule has 4 rings (SSSR count). The highest BCUT2D eigenvalue weighted by atomic mass is 32.2.